The molecule has 0 fully saturated rings. The van der Waals surface area contributed by atoms with Gasteiger partial charge >= 0.3 is 0 Å². The molecule has 0 unspecified atom stereocenters. The van der Waals surface area contributed by atoms with Gasteiger partial charge in [-0.2, -0.15) is 0 Å². The Morgan fingerprint density at radius 1 is 0.731 bits per heavy atom. The number of benzene rings is 1. The Labute approximate surface area is 160 Å². The fourth-order valence-corrected chi connectivity index (χ4v) is 4.80. The molecule has 1 rings (SSSR count). The average Bonchev–Trinajstić information content (AvgIpc) is 2.35. The normalized spacial score (nSPS) is 13.8. The first-order chi connectivity index (χ1) is 11.4. The summed E-state index contributed by atoms with van der Waals surface area (Å²) in [6, 6.07) is 1.92. The van der Waals surface area contributed by atoms with Crippen molar-refractivity contribution in [1.82, 2.24) is 0 Å². The van der Waals surface area contributed by atoms with Gasteiger partial charge in [-0.3, -0.25) is 0 Å². The fourth-order valence-electron chi connectivity index (χ4n) is 4.80. The fraction of sp³-hybridized carbons (Fsp3) is 0.739. The molecular formula is C23H40O3. The molecule has 1 aromatic carbocycles. The third-order valence-electron chi connectivity index (χ3n) is 4.81. The molecule has 0 radical (unpaired) electrons. The van der Waals surface area contributed by atoms with E-state index in [2.05, 4.69) is 69.2 Å². The molecule has 0 spiro atoms. The number of phenols is 2. The maximum Gasteiger partial charge on any atom is 0.165 e. The van der Waals surface area contributed by atoms with Crippen molar-refractivity contribution in [2.75, 3.05) is 7.11 Å². The van der Waals surface area contributed by atoms with E-state index in [0.717, 1.165) is 18.4 Å². The first-order valence-corrected chi connectivity index (χ1v) is 9.55. The zero-order valence-electron chi connectivity index (χ0n) is 18.8. The minimum Gasteiger partial charge on any atom is -0.504 e. The van der Waals surface area contributed by atoms with E-state index in [1.165, 1.54) is 0 Å². The summed E-state index contributed by atoms with van der Waals surface area (Å²) in [7, 11) is 1.63. The number of rotatable bonds is 5. The summed E-state index contributed by atoms with van der Waals surface area (Å²) in [5.74, 6) is 0.583. The van der Waals surface area contributed by atoms with Crippen LogP contribution < -0.4 is 4.74 Å². The molecule has 26 heavy (non-hydrogen) atoms. The Balaban J connectivity index is 3.60. The molecule has 0 aromatic heterocycles. The highest BCUT2D eigenvalue weighted by Gasteiger charge is 2.37. The van der Waals surface area contributed by atoms with Gasteiger partial charge in [0.1, 0.15) is 5.75 Å². The van der Waals surface area contributed by atoms with Gasteiger partial charge in [0.05, 0.1) is 7.11 Å². The summed E-state index contributed by atoms with van der Waals surface area (Å²) in [6.45, 7) is 21.5. The molecule has 0 aliphatic carbocycles. The van der Waals surface area contributed by atoms with Gasteiger partial charge in [0.15, 0.2) is 11.5 Å². The summed E-state index contributed by atoms with van der Waals surface area (Å²) in [5.41, 5.74) is 0.973. The second-order valence-electron chi connectivity index (χ2n) is 11.4. The van der Waals surface area contributed by atoms with Crippen LogP contribution in [0.15, 0.2) is 6.07 Å². The van der Waals surface area contributed by atoms with Crippen molar-refractivity contribution >= 4 is 0 Å². The summed E-state index contributed by atoms with van der Waals surface area (Å²) < 4.78 is 5.68. The Morgan fingerprint density at radius 2 is 1.15 bits per heavy atom. The predicted octanol–water partition coefficient (Wildman–Crippen LogP) is 6.53. The molecule has 0 aliphatic heterocycles. The van der Waals surface area contributed by atoms with Gasteiger partial charge in [0.25, 0.3) is 0 Å². The molecule has 0 saturated heterocycles. The molecule has 0 bridgehead atoms. The Hall–Kier alpha value is -1.38. The minimum absolute atomic E-state index is 0.0166. The van der Waals surface area contributed by atoms with Gasteiger partial charge in [-0.05, 0) is 40.6 Å². The third kappa shape index (κ3) is 5.31. The van der Waals surface area contributed by atoms with Crippen LogP contribution in [0.5, 0.6) is 17.2 Å². The average molecular weight is 365 g/mol. The van der Waals surface area contributed by atoms with Crippen molar-refractivity contribution < 1.29 is 14.9 Å². The highest BCUT2D eigenvalue weighted by molar-refractivity contribution is 5.61. The molecule has 0 aliphatic rings. The second-order valence-corrected chi connectivity index (χ2v) is 11.4. The summed E-state index contributed by atoms with van der Waals surface area (Å²) in [6.07, 6.45) is 1.73. The van der Waals surface area contributed by atoms with Crippen LogP contribution in [0.25, 0.3) is 0 Å². The molecule has 0 heterocycles. The topological polar surface area (TPSA) is 49.7 Å². The summed E-state index contributed by atoms with van der Waals surface area (Å²) in [4.78, 5) is 0. The van der Waals surface area contributed by atoms with E-state index in [4.69, 9.17) is 4.74 Å². The standard InChI is InChI=1S/C23H40O3/c1-20(2,3)13-22(7,8)15-12-16(26-11)17(19(25)18(15)24)23(9,10)14-21(4,5)6/h12,24-25H,13-14H2,1-11H3. The molecule has 0 amide bonds. The number of hydrogen-bond acceptors (Lipinski definition) is 3. The van der Waals surface area contributed by atoms with Gasteiger partial charge in [-0.15, -0.1) is 0 Å². The van der Waals surface area contributed by atoms with Crippen LogP contribution in [0.3, 0.4) is 0 Å². The second kappa shape index (κ2) is 6.98. The van der Waals surface area contributed by atoms with Crippen molar-refractivity contribution in [2.45, 2.75) is 92.9 Å². The van der Waals surface area contributed by atoms with E-state index in [9.17, 15) is 10.2 Å². The molecule has 1 aromatic rings. The first-order valence-electron chi connectivity index (χ1n) is 9.55. The lowest BCUT2D eigenvalue weighted by Crippen LogP contribution is -2.27. The van der Waals surface area contributed by atoms with Crippen LogP contribution in [0, 0.1) is 10.8 Å². The number of aromatic hydroxyl groups is 2. The van der Waals surface area contributed by atoms with Gasteiger partial charge in [0.2, 0.25) is 0 Å². The summed E-state index contributed by atoms with van der Waals surface area (Å²) >= 11 is 0. The lowest BCUT2D eigenvalue weighted by molar-refractivity contribution is 0.260. The van der Waals surface area contributed by atoms with Gasteiger partial charge in [-0.1, -0.05) is 69.2 Å². The largest absolute Gasteiger partial charge is 0.504 e. The Bertz CT molecular complexity index is 641. The van der Waals surface area contributed by atoms with Crippen LogP contribution in [0.1, 0.15) is 93.2 Å². The van der Waals surface area contributed by atoms with Crippen molar-refractivity contribution in [3.63, 3.8) is 0 Å². The SMILES string of the molecule is COc1cc(C(C)(C)CC(C)(C)C)c(O)c(O)c1C(C)(C)CC(C)(C)C. The zero-order valence-corrected chi connectivity index (χ0v) is 18.8. The molecule has 3 nitrogen and oxygen atoms in total. The minimum atomic E-state index is -0.335. The summed E-state index contributed by atoms with van der Waals surface area (Å²) in [5, 5.41) is 21.8. The van der Waals surface area contributed by atoms with Crippen molar-refractivity contribution in [1.29, 1.82) is 0 Å². The van der Waals surface area contributed by atoms with Crippen molar-refractivity contribution in [2.24, 2.45) is 10.8 Å². The van der Waals surface area contributed by atoms with Crippen molar-refractivity contribution in [3.05, 3.63) is 17.2 Å². The number of methoxy groups -OCH3 is 1. The lowest BCUT2D eigenvalue weighted by Gasteiger charge is -2.37. The molecule has 2 N–H and O–H groups in total. The highest BCUT2D eigenvalue weighted by atomic mass is 16.5. The lowest BCUT2D eigenvalue weighted by atomic mass is 9.69. The van der Waals surface area contributed by atoms with Gasteiger partial charge in [0, 0.05) is 11.1 Å². The van der Waals surface area contributed by atoms with Crippen LogP contribution >= 0.6 is 0 Å². The van der Waals surface area contributed by atoms with E-state index in [0.29, 0.717) is 11.3 Å². The van der Waals surface area contributed by atoms with E-state index < -0.39 is 0 Å². The Kier molecular flexibility index (Phi) is 6.08. The molecule has 0 atom stereocenters. The maximum absolute atomic E-state index is 11.0. The van der Waals surface area contributed by atoms with Crippen LogP contribution in [-0.4, -0.2) is 17.3 Å². The predicted molar refractivity (Wildman–Crippen MR) is 111 cm³/mol. The smallest absolute Gasteiger partial charge is 0.165 e. The molecule has 3 heteroatoms. The Morgan fingerprint density at radius 3 is 1.54 bits per heavy atom. The van der Waals surface area contributed by atoms with Crippen LogP contribution in [0.2, 0.25) is 0 Å². The third-order valence-corrected chi connectivity index (χ3v) is 4.81. The van der Waals surface area contributed by atoms with E-state index >= 15 is 0 Å². The molecule has 150 valence electrons. The number of phenolic OH excluding ortho intramolecular Hbond substituents is 2. The van der Waals surface area contributed by atoms with Gasteiger partial charge in [-0.25, -0.2) is 0 Å². The number of ether oxygens (including phenoxy) is 1. The monoisotopic (exact) mass is 364 g/mol. The van der Waals surface area contributed by atoms with E-state index in [1.54, 1.807) is 7.11 Å². The zero-order chi connectivity index (χ0) is 20.7. The van der Waals surface area contributed by atoms with Crippen LogP contribution in [-0.2, 0) is 10.8 Å². The molecular weight excluding hydrogens is 324 g/mol. The highest BCUT2D eigenvalue weighted by Crippen LogP contribution is 2.52. The first kappa shape index (κ1) is 22.7. The van der Waals surface area contributed by atoms with E-state index in [-0.39, 0.29) is 33.2 Å². The number of hydrogen-bond donors (Lipinski definition) is 2. The maximum atomic E-state index is 11.0. The van der Waals surface area contributed by atoms with Gasteiger partial charge < -0.3 is 14.9 Å². The molecule has 0 saturated carbocycles. The van der Waals surface area contributed by atoms with E-state index in [1.807, 2.05) is 6.07 Å². The van der Waals surface area contributed by atoms with Crippen molar-refractivity contribution in [3.8, 4) is 17.2 Å². The quantitative estimate of drug-likeness (QED) is 0.584. The van der Waals surface area contributed by atoms with Crippen LogP contribution in [0.4, 0.5) is 0 Å².